The lowest BCUT2D eigenvalue weighted by Gasteiger charge is -2.33. The van der Waals surface area contributed by atoms with Crippen LogP contribution >= 0.6 is 12.2 Å². The first-order valence-electron chi connectivity index (χ1n) is 9.43. The van der Waals surface area contributed by atoms with Crippen LogP contribution in [-0.2, 0) is 6.67 Å². The van der Waals surface area contributed by atoms with Gasteiger partial charge < -0.3 is 14.2 Å². The summed E-state index contributed by atoms with van der Waals surface area (Å²) in [6.45, 7) is 6.17. The van der Waals surface area contributed by atoms with Crippen LogP contribution in [0.1, 0.15) is 17.3 Å². The fourth-order valence-corrected chi connectivity index (χ4v) is 3.65. The van der Waals surface area contributed by atoms with Crippen molar-refractivity contribution < 1.29 is 14.1 Å². The number of aromatic nitrogens is 2. The van der Waals surface area contributed by atoms with Gasteiger partial charge in [0.25, 0.3) is 4.84 Å². The van der Waals surface area contributed by atoms with Crippen molar-refractivity contribution in [3.8, 4) is 11.5 Å². The number of ketones is 1. The number of benzene rings is 2. The average molecular weight is 396 g/mol. The van der Waals surface area contributed by atoms with E-state index in [1.54, 1.807) is 11.6 Å². The molecule has 1 aliphatic rings. The smallest absolute Gasteiger partial charge is 0.292 e. The molecule has 0 radical (unpaired) electrons. The molecule has 0 atom stereocenters. The van der Waals surface area contributed by atoms with Crippen LogP contribution in [0, 0.1) is 4.84 Å². The van der Waals surface area contributed by atoms with Crippen molar-refractivity contribution in [1.29, 1.82) is 0 Å². The number of carbonyl (C=O) groups excluding carboxylic acids is 1. The summed E-state index contributed by atoms with van der Waals surface area (Å²) in [7, 11) is 0. The number of rotatable bonds is 5. The number of nitrogens with one attached hydrogen (secondary N) is 1. The normalized spacial score (nSPS) is 15.0. The molecule has 0 amide bonds. The van der Waals surface area contributed by atoms with E-state index in [9.17, 15) is 4.79 Å². The van der Waals surface area contributed by atoms with Gasteiger partial charge in [0, 0.05) is 16.8 Å². The van der Waals surface area contributed by atoms with Crippen molar-refractivity contribution in [3.63, 3.8) is 0 Å². The Bertz CT molecular complexity index is 1000. The van der Waals surface area contributed by atoms with Gasteiger partial charge in [-0.15, -0.1) is 5.10 Å². The summed E-state index contributed by atoms with van der Waals surface area (Å²) in [5.74, 6) is 0.661. The number of anilines is 1. The summed E-state index contributed by atoms with van der Waals surface area (Å²) in [6.07, 6.45) is 0. The molecule has 7 heteroatoms. The molecule has 2 aromatic carbocycles. The number of quaternary nitrogens is 1. The lowest BCUT2D eigenvalue weighted by molar-refractivity contribution is -0.924. The molecule has 0 unspecified atom stereocenters. The lowest BCUT2D eigenvalue weighted by atomic mass is 10.1. The molecule has 1 N–H and O–H groups in total. The van der Waals surface area contributed by atoms with E-state index in [-0.39, 0.29) is 5.78 Å². The fraction of sp³-hybridized carbons (Fsp3) is 0.286. The number of hydrogen-bond donors (Lipinski definition) is 1. The van der Waals surface area contributed by atoms with Crippen LogP contribution in [0.2, 0.25) is 0 Å². The number of nitrogens with zero attached hydrogens (tertiary/aromatic N) is 3. The maximum atomic E-state index is 11.4. The highest BCUT2D eigenvalue weighted by atomic mass is 32.1. The van der Waals surface area contributed by atoms with Crippen LogP contribution in [0.4, 0.5) is 5.69 Å². The summed E-state index contributed by atoms with van der Waals surface area (Å²) >= 11 is 5.36. The van der Waals surface area contributed by atoms with Crippen LogP contribution < -0.4 is 9.80 Å². The summed E-state index contributed by atoms with van der Waals surface area (Å²) in [4.78, 5) is 15.6. The van der Waals surface area contributed by atoms with Gasteiger partial charge in [0.15, 0.2) is 12.5 Å². The Morgan fingerprint density at radius 1 is 1.11 bits per heavy atom. The minimum Gasteiger partial charge on any atom is -0.409 e. The van der Waals surface area contributed by atoms with Crippen LogP contribution in [0.25, 0.3) is 11.5 Å². The van der Waals surface area contributed by atoms with Gasteiger partial charge in [-0.05, 0) is 55.5 Å². The maximum Gasteiger partial charge on any atom is 0.292 e. The van der Waals surface area contributed by atoms with Crippen molar-refractivity contribution in [1.82, 2.24) is 9.78 Å². The van der Waals surface area contributed by atoms with E-state index in [0.717, 1.165) is 43.0 Å². The predicted octanol–water partition coefficient (Wildman–Crippen LogP) is 2.44. The number of piperazine rings is 1. The molecule has 0 bridgehead atoms. The first-order chi connectivity index (χ1) is 13.6. The van der Waals surface area contributed by atoms with Gasteiger partial charge in [-0.25, -0.2) is 0 Å². The largest absolute Gasteiger partial charge is 0.409 e. The highest BCUT2D eigenvalue weighted by Crippen LogP contribution is 2.17. The fourth-order valence-electron chi connectivity index (χ4n) is 3.46. The molecule has 144 valence electrons. The Morgan fingerprint density at radius 2 is 1.79 bits per heavy atom. The molecule has 1 aromatic heterocycles. The van der Waals surface area contributed by atoms with Gasteiger partial charge in [-0.3, -0.25) is 4.79 Å². The first-order valence-corrected chi connectivity index (χ1v) is 9.84. The quantitative estimate of drug-likeness (QED) is 0.531. The first kappa shape index (κ1) is 18.6. The number of hydrogen-bond acceptors (Lipinski definition) is 5. The number of Topliss-reactive ketones (excluding diaryl/α,β-unsaturated/α-hetero) is 1. The zero-order valence-electron chi connectivity index (χ0n) is 15.8. The molecule has 0 spiro atoms. The minimum atomic E-state index is 0.0973. The van der Waals surface area contributed by atoms with Gasteiger partial charge in [0.1, 0.15) is 0 Å². The van der Waals surface area contributed by atoms with Crippen LogP contribution in [0.3, 0.4) is 0 Å². The standard InChI is InChI=1S/C21H22N4O2S/c1-16(26)17-7-9-19(10-8-17)24-13-11-23(12-14-24)15-25-21(28)27-20(22-25)18-5-3-2-4-6-18/h2-10H,11-15H2,1H3/p+1. The molecule has 2 heterocycles. The third kappa shape index (κ3) is 4.05. The van der Waals surface area contributed by atoms with Crippen LogP contribution in [0.15, 0.2) is 59.0 Å². The molecule has 3 aromatic rings. The molecule has 1 aliphatic heterocycles. The lowest BCUT2D eigenvalue weighted by Crippen LogP contribution is -3.14. The Hall–Kier alpha value is -2.77. The maximum absolute atomic E-state index is 11.4. The van der Waals surface area contributed by atoms with E-state index < -0.39 is 0 Å². The van der Waals surface area contributed by atoms with Crippen molar-refractivity contribution >= 4 is 23.7 Å². The van der Waals surface area contributed by atoms with Crippen LogP contribution in [-0.4, -0.2) is 41.7 Å². The van der Waals surface area contributed by atoms with E-state index in [0.29, 0.717) is 17.4 Å². The van der Waals surface area contributed by atoms with E-state index in [4.69, 9.17) is 16.6 Å². The SMILES string of the molecule is CC(=O)c1ccc(N2CC[NH+](Cn3nc(-c4ccccc4)oc3=S)CC2)cc1. The van der Waals surface area contributed by atoms with Gasteiger partial charge in [0.2, 0.25) is 5.89 Å². The predicted molar refractivity (Wildman–Crippen MR) is 110 cm³/mol. The summed E-state index contributed by atoms with van der Waals surface area (Å²) in [5.41, 5.74) is 2.84. The molecule has 4 rings (SSSR count). The monoisotopic (exact) mass is 395 g/mol. The number of carbonyl (C=O) groups is 1. The molecule has 0 saturated carbocycles. The van der Waals surface area contributed by atoms with E-state index in [1.165, 1.54) is 4.90 Å². The van der Waals surface area contributed by atoms with Gasteiger partial charge >= 0.3 is 0 Å². The summed E-state index contributed by atoms with van der Waals surface area (Å²) in [5, 5.41) is 4.56. The van der Waals surface area contributed by atoms with E-state index in [1.807, 2.05) is 54.6 Å². The third-order valence-corrected chi connectivity index (χ3v) is 5.40. The summed E-state index contributed by atoms with van der Waals surface area (Å²) in [6, 6.07) is 17.7. The molecular formula is C21H23N4O2S+. The average Bonchev–Trinajstić information content (AvgIpc) is 3.10. The second kappa shape index (κ2) is 8.08. The molecule has 1 fully saturated rings. The topological polar surface area (TPSA) is 55.7 Å². The van der Waals surface area contributed by atoms with Gasteiger partial charge in [-0.2, -0.15) is 4.68 Å². The molecular weight excluding hydrogens is 372 g/mol. The highest BCUT2D eigenvalue weighted by Gasteiger charge is 2.22. The van der Waals surface area contributed by atoms with Crippen molar-refractivity contribution in [3.05, 3.63) is 65.0 Å². The molecule has 1 saturated heterocycles. The Labute approximate surface area is 169 Å². The zero-order chi connectivity index (χ0) is 19.5. The van der Waals surface area contributed by atoms with E-state index in [2.05, 4.69) is 10.00 Å². The van der Waals surface area contributed by atoms with Gasteiger partial charge in [0.05, 0.1) is 26.2 Å². The zero-order valence-corrected chi connectivity index (χ0v) is 16.6. The van der Waals surface area contributed by atoms with E-state index >= 15 is 0 Å². The van der Waals surface area contributed by atoms with Gasteiger partial charge in [-0.1, -0.05) is 18.2 Å². The second-order valence-electron chi connectivity index (χ2n) is 7.04. The Morgan fingerprint density at radius 3 is 2.43 bits per heavy atom. The Kier molecular flexibility index (Phi) is 5.36. The second-order valence-corrected chi connectivity index (χ2v) is 7.39. The van der Waals surface area contributed by atoms with Crippen molar-refractivity contribution in [2.24, 2.45) is 0 Å². The molecule has 28 heavy (non-hydrogen) atoms. The third-order valence-electron chi connectivity index (χ3n) is 5.11. The molecule has 0 aliphatic carbocycles. The highest BCUT2D eigenvalue weighted by molar-refractivity contribution is 7.71. The summed E-state index contributed by atoms with van der Waals surface area (Å²) < 4.78 is 7.46. The van der Waals surface area contributed by atoms with Crippen molar-refractivity contribution in [2.75, 3.05) is 31.1 Å². The Balaban J connectivity index is 1.38. The van der Waals surface area contributed by atoms with Crippen molar-refractivity contribution in [2.45, 2.75) is 13.6 Å². The van der Waals surface area contributed by atoms with Crippen LogP contribution in [0.5, 0.6) is 0 Å². The minimum absolute atomic E-state index is 0.0973. The molecule has 6 nitrogen and oxygen atoms in total.